The molecule has 1 aromatic heterocycles. The standard InChI is InChI=1S/C21H23ClN2O3S/c1-14(16-6-4-3-5-7-16)23-20(25)13-28(26)12-19-15(2)27-21(24-19)17-8-10-18(22)11-9-17/h3-11,14,20,23,25H,12-13H2,1-2H3. The molecule has 2 aromatic carbocycles. The largest absolute Gasteiger partial charge is 0.616 e. The molecule has 28 heavy (non-hydrogen) atoms. The number of nitrogens with zero attached hydrogens (tertiary/aromatic N) is 1. The van der Waals surface area contributed by atoms with E-state index in [9.17, 15) is 9.66 Å². The van der Waals surface area contributed by atoms with Crippen molar-refractivity contribution in [2.75, 3.05) is 5.75 Å². The van der Waals surface area contributed by atoms with E-state index in [0.717, 1.165) is 11.1 Å². The van der Waals surface area contributed by atoms with Crippen molar-refractivity contribution in [3.8, 4) is 11.5 Å². The minimum atomic E-state index is -1.29. The third-order valence-corrected chi connectivity index (χ3v) is 5.90. The fraction of sp³-hybridized carbons (Fsp3) is 0.286. The van der Waals surface area contributed by atoms with Crippen LogP contribution in [0.5, 0.6) is 0 Å². The van der Waals surface area contributed by atoms with Crippen molar-refractivity contribution >= 4 is 22.8 Å². The van der Waals surface area contributed by atoms with Gasteiger partial charge in [0, 0.05) is 16.6 Å². The van der Waals surface area contributed by atoms with Crippen LogP contribution in [0.4, 0.5) is 0 Å². The van der Waals surface area contributed by atoms with Gasteiger partial charge < -0.3 is 14.1 Å². The average Bonchev–Trinajstić information content (AvgIpc) is 3.03. The van der Waals surface area contributed by atoms with Crippen LogP contribution in [-0.2, 0) is 16.9 Å². The van der Waals surface area contributed by atoms with Gasteiger partial charge in [-0.05, 0) is 54.9 Å². The molecule has 3 unspecified atom stereocenters. The number of benzene rings is 2. The Labute approximate surface area is 172 Å². The second-order valence-corrected chi connectivity index (χ2v) is 8.53. The third-order valence-electron chi connectivity index (χ3n) is 4.37. The van der Waals surface area contributed by atoms with Gasteiger partial charge in [0.15, 0.2) is 12.0 Å². The lowest BCUT2D eigenvalue weighted by Crippen LogP contribution is -2.37. The maximum absolute atomic E-state index is 12.5. The number of aryl methyl sites for hydroxylation is 1. The van der Waals surface area contributed by atoms with Crippen molar-refractivity contribution in [3.05, 3.63) is 76.6 Å². The first kappa shape index (κ1) is 20.9. The Bertz CT molecular complexity index is 886. The molecule has 0 bridgehead atoms. The lowest BCUT2D eigenvalue weighted by molar-refractivity contribution is 0.146. The van der Waals surface area contributed by atoms with Crippen LogP contribution in [-0.4, -0.2) is 26.6 Å². The van der Waals surface area contributed by atoms with E-state index in [1.165, 1.54) is 0 Å². The Morgan fingerprint density at radius 2 is 1.86 bits per heavy atom. The number of aromatic nitrogens is 1. The molecule has 0 amide bonds. The van der Waals surface area contributed by atoms with Crippen LogP contribution in [0.2, 0.25) is 5.02 Å². The summed E-state index contributed by atoms with van der Waals surface area (Å²) >= 11 is 4.62. The molecule has 0 aliphatic rings. The second-order valence-electron chi connectivity index (χ2n) is 6.59. The summed E-state index contributed by atoms with van der Waals surface area (Å²) in [6.45, 7) is 3.76. The molecule has 3 aromatic rings. The summed E-state index contributed by atoms with van der Waals surface area (Å²) in [5, 5.41) is 14.0. The van der Waals surface area contributed by atoms with Crippen LogP contribution in [0, 0.1) is 6.92 Å². The Kier molecular flexibility index (Phi) is 7.15. The predicted octanol–water partition coefficient (Wildman–Crippen LogP) is 4.22. The molecule has 0 aliphatic heterocycles. The number of hydrogen-bond acceptors (Lipinski definition) is 5. The van der Waals surface area contributed by atoms with Gasteiger partial charge in [0.05, 0.1) is 0 Å². The smallest absolute Gasteiger partial charge is 0.226 e. The molecule has 3 atom stereocenters. The quantitative estimate of drug-likeness (QED) is 0.422. The molecule has 0 radical (unpaired) electrons. The van der Waals surface area contributed by atoms with E-state index in [2.05, 4.69) is 10.3 Å². The monoisotopic (exact) mass is 418 g/mol. The molecule has 0 saturated heterocycles. The highest BCUT2D eigenvalue weighted by atomic mass is 35.5. The van der Waals surface area contributed by atoms with E-state index in [0.29, 0.717) is 22.4 Å². The van der Waals surface area contributed by atoms with Gasteiger partial charge in [0.25, 0.3) is 0 Å². The second kappa shape index (κ2) is 9.58. The Hall–Kier alpha value is -1.83. The highest BCUT2D eigenvalue weighted by molar-refractivity contribution is 7.90. The van der Waals surface area contributed by atoms with Crippen molar-refractivity contribution in [1.82, 2.24) is 10.3 Å². The molecule has 3 rings (SSSR count). The lowest BCUT2D eigenvalue weighted by Gasteiger charge is -2.20. The molecular formula is C21H23ClN2O3S. The zero-order valence-electron chi connectivity index (χ0n) is 15.8. The van der Waals surface area contributed by atoms with Gasteiger partial charge in [-0.3, -0.25) is 5.32 Å². The molecule has 5 nitrogen and oxygen atoms in total. The van der Waals surface area contributed by atoms with E-state index in [1.54, 1.807) is 19.1 Å². The Balaban J connectivity index is 1.57. The molecule has 0 spiro atoms. The molecule has 7 heteroatoms. The normalized spacial score (nSPS) is 14.6. The van der Waals surface area contributed by atoms with Crippen molar-refractivity contribution < 1.29 is 14.1 Å². The summed E-state index contributed by atoms with van der Waals surface area (Å²) in [5.74, 6) is 1.43. The highest BCUT2D eigenvalue weighted by Gasteiger charge is 2.21. The van der Waals surface area contributed by atoms with E-state index in [4.69, 9.17) is 16.0 Å². The van der Waals surface area contributed by atoms with E-state index in [-0.39, 0.29) is 17.5 Å². The van der Waals surface area contributed by atoms with Crippen LogP contribution in [0.25, 0.3) is 11.5 Å². The van der Waals surface area contributed by atoms with Crippen LogP contribution in [0.3, 0.4) is 0 Å². The van der Waals surface area contributed by atoms with Crippen LogP contribution in [0.15, 0.2) is 59.0 Å². The topological polar surface area (TPSA) is 81.4 Å². The van der Waals surface area contributed by atoms with Gasteiger partial charge in [-0.1, -0.05) is 41.9 Å². The predicted molar refractivity (Wildman–Crippen MR) is 112 cm³/mol. The first-order chi connectivity index (χ1) is 13.4. The molecule has 2 N–H and O–H groups in total. The minimum Gasteiger partial charge on any atom is -0.616 e. The van der Waals surface area contributed by atoms with Crippen molar-refractivity contribution in [3.63, 3.8) is 0 Å². The van der Waals surface area contributed by atoms with Gasteiger partial charge >= 0.3 is 0 Å². The van der Waals surface area contributed by atoms with Crippen molar-refractivity contribution in [2.45, 2.75) is 31.9 Å². The zero-order chi connectivity index (χ0) is 20.1. The third kappa shape index (κ3) is 5.59. The zero-order valence-corrected chi connectivity index (χ0v) is 17.3. The molecule has 0 fully saturated rings. The molecule has 148 valence electrons. The van der Waals surface area contributed by atoms with Crippen LogP contribution >= 0.6 is 11.6 Å². The summed E-state index contributed by atoms with van der Waals surface area (Å²) < 4.78 is 18.2. The van der Waals surface area contributed by atoms with Gasteiger partial charge in [-0.15, -0.1) is 0 Å². The lowest BCUT2D eigenvalue weighted by atomic mass is 10.1. The van der Waals surface area contributed by atoms with E-state index < -0.39 is 17.4 Å². The Morgan fingerprint density at radius 1 is 1.18 bits per heavy atom. The van der Waals surface area contributed by atoms with Gasteiger partial charge in [0.1, 0.15) is 17.2 Å². The van der Waals surface area contributed by atoms with Gasteiger partial charge in [-0.2, -0.15) is 0 Å². The first-order valence-electron chi connectivity index (χ1n) is 8.98. The molecule has 0 saturated carbocycles. The number of oxazole rings is 1. The van der Waals surface area contributed by atoms with Crippen LogP contribution in [0.1, 0.15) is 30.0 Å². The molecule has 0 aliphatic carbocycles. The molecule has 1 heterocycles. The summed E-state index contributed by atoms with van der Waals surface area (Å²) in [6, 6.07) is 17.0. The average molecular weight is 419 g/mol. The van der Waals surface area contributed by atoms with Gasteiger partial charge in [0.2, 0.25) is 5.89 Å². The van der Waals surface area contributed by atoms with Crippen molar-refractivity contribution in [1.29, 1.82) is 0 Å². The van der Waals surface area contributed by atoms with Gasteiger partial charge in [-0.25, -0.2) is 4.98 Å². The first-order valence-corrected chi connectivity index (χ1v) is 10.8. The molecular weight excluding hydrogens is 396 g/mol. The summed E-state index contributed by atoms with van der Waals surface area (Å²) in [7, 11) is 0. The SMILES string of the molecule is Cc1oc(-c2ccc(Cl)cc2)nc1C[S+]([O-])CC(O)NC(C)c1ccccc1. The number of aliphatic hydroxyl groups excluding tert-OH is 1. The minimum absolute atomic E-state index is 0.0431. The summed E-state index contributed by atoms with van der Waals surface area (Å²) in [6.07, 6.45) is -0.876. The van der Waals surface area contributed by atoms with Crippen molar-refractivity contribution in [2.24, 2.45) is 0 Å². The summed E-state index contributed by atoms with van der Waals surface area (Å²) in [5.41, 5.74) is 2.50. The maximum atomic E-state index is 12.5. The van der Waals surface area contributed by atoms with E-state index in [1.807, 2.05) is 49.4 Å². The number of hydrogen-bond donors (Lipinski definition) is 2. The number of halogens is 1. The maximum Gasteiger partial charge on any atom is 0.226 e. The fourth-order valence-corrected chi connectivity index (χ4v) is 4.11. The Morgan fingerprint density at radius 3 is 2.54 bits per heavy atom. The summed E-state index contributed by atoms with van der Waals surface area (Å²) in [4.78, 5) is 4.46. The number of nitrogens with one attached hydrogen (secondary N) is 1. The van der Waals surface area contributed by atoms with Crippen LogP contribution < -0.4 is 5.32 Å². The van der Waals surface area contributed by atoms with E-state index >= 15 is 0 Å². The number of rotatable bonds is 8. The fourth-order valence-electron chi connectivity index (χ4n) is 2.84. The number of aliphatic hydroxyl groups is 1. The highest BCUT2D eigenvalue weighted by Crippen LogP contribution is 2.24.